The summed E-state index contributed by atoms with van der Waals surface area (Å²) in [5.41, 5.74) is 1.81. The summed E-state index contributed by atoms with van der Waals surface area (Å²) in [6.07, 6.45) is -1.80. The van der Waals surface area contributed by atoms with E-state index in [1.807, 2.05) is 19.1 Å². The number of hydrogen-bond donors (Lipinski definition) is 0. The minimum Gasteiger partial charge on any atom is -0.415 e. The van der Waals surface area contributed by atoms with Gasteiger partial charge in [0.2, 0.25) is 5.89 Å². The van der Waals surface area contributed by atoms with Gasteiger partial charge in [-0.15, -0.1) is 10.2 Å². The lowest BCUT2D eigenvalue weighted by Crippen LogP contribution is -1.81. The van der Waals surface area contributed by atoms with Gasteiger partial charge < -0.3 is 4.42 Å². The van der Waals surface area contributed by atoms with Crippen molar-refractivity contribution in [3.05, 3.63) is 35.7 Å². The monoisotopic (exact) mass is 224 g/mol. The molecule has 2 aromatic rings. The molecule has 0 saturated carbocycles. The molecule has 3 nitrogen and oxygen atoms in total. The summed E-state index contributed by atoms with van der Waals surface area (Å²) in [5.74, 6) is -0.521. The first kappa shape index (κ1) is 10.7. The Kier molecular flexibility index (Phi) is 2.94. The van der Waals surface area contributed by atoms with Crippen LogP contribution in [0.25, 0.3) is 11.5 Å². The van der Waals surface area contributed by atoms with E-state index in [2.05, 4.69) is 10.2 Å². The third-order valence-corrected chi connectivity index (χ3v) is 2.24. The molecular formula is C11H10F2N2O. The van der Waals surface area contributed by atoms with Crippen molar-refractivity contribution in [2.45, 2.75) is 19.8 Å². The molecule has 1 heterocycles. The Morgan fingerprint density at radius 2 is 1.88 bits per heavy atom. The van der Waals surface area contributed by atoms with Crippen molar-refractivity contribution >= 4 is 0 Å². The fourth-order valence-electron chi connectivity index (χ4n) is 1.32. The van der Waals surface area contributed by atoms with Crippen LogP contribution in [0.2, 0.25) is 0 Å². The number of aromatic nitrogens is 2. The van der Waals surface area contributed by atoms with E-state index in [1.165, 1.54) is 0 Å². The van der Waals surface area contributed by atoms with Crippen molar-refractivity contribution in [1.29, 1.82) is 0 Å². The fourth-order valence-corrected chi connectivity index (χ4v) is 1.32. The average molecular weight is 224 g/mol. The van der Waals surface area contributed by atoms with Gasteiger partial charge in [-0.05, 0) is 24.1 Å². The molecule has 2 rings (SSSR count). The molecule has 0 atom stereocenters. The minimum atomic E-state index is -2.73. The van der Waals surface area contributed by atoms with Crippen molar-refractivity contribution in [2.75, 3.05) is 0 Å². The van der Waals surface area contributed by atoms with E-state index in [-0.39, 0.29) is 5.89 Å². The van der Waals surface area contributed by atoms with E-state index < -0.39 is 12.3 Å². The van der Waals surface area contributed by atoms with Crippen molar-refractivity contribution in [1.82, 2.24) is 10.2 Å². The molecule has 16 heavy (non-hydrogen) atoms. The second-order valence-electron chi connectivity index (χ2n) is 3.30. The van der Waals surface area contributed by atoms with Crippen LogP contribution in [0.15, 0.2) is 28.7 Å². The Hall–Kier alpha value is -1.78. The van der Waals surface area contributed by atoms with Gasteiger partial charge in [-0.1, -0.05) is 19.1 Å². The lowest BCUT2D eigenvalue weighted by molar-refractivity contribution is 0.116. The van der Waals surface area contributed by atoms with E-state index in [0.717, 1.165) is 12.0 Å². The highest BCUT2D eigenvalue weighted by Crippen LogP contribution is 2.23. The molecule has 1 aromatic carbocycles. The predicted octanol–water partition coefficient (Wildman–Crippen LogP) is 3.24. The number of rotatable bonds is 3. The van der Waals surface area contributed by atoms with Gasteiger partial charge >= 0.3 is 6.43 Å². The van der Waals surface area contributed by atoms with Crippen LogP contribution in [0.3, 0.4) is 0 Å². The Bertz CT molecular complexity index is 465. The molecular weight excluding hydrogens is 214 g/mol. The summed E-state index contributed by atoms with van der Waals surface area (Å²) >= 11 is 0. The molecule has 0 unspecified atom stereocenters. The van der Waals surface area contributed by atoms with Crippen LogP contribution >= 0.6 is 0 Å². The van der Waals surface area contributed by atoms with Crippen molar-refractivity contribution in [3.8, 4) is 11.5 Å². The van der Waals surface area contributed by atoms with Gasteiger partial charge in [-0.25, -0.2) is 0 Å². The second kappa shape index (κ2) is 4.38. The lowest BCUT2D eigenvalue weighted by atomic mass is 10.1. The maximum Gasteiger partial charge on any atom is 0.314 e. The van der Waals surface area contributed by atoms with Crippen molar-refractivity contribution in [3.63, 3.8) is 0 Å². The SMILES string of the molecule is CCc1ccc(-c2nnc(C(F)F)o2)cc1. The number of halogens is 2. The predicted molar refractivity (Wildman–Crippen MR) is 54.1 cm³/mol. The molecule has 0 amide bonds. The van der Waals surface area contributed by atoms with E-state index >= 15 is 0 Å². The summed E-state index contributed by atoms with van der Waals surface area (Å²) in [6, 6.07) is 7.37. The number of hydrogen-bond acceptors (Lipinski definition) is 3. The molecule has 84 valence electrons. The molecule has 0 aliphatic rings. The molecule has 0 aliphatic carbocycles. The van der Waals surface area contributed by atoms with Gasteiger partial charge in [0, 0.05) is 5.56 Å². The van der Waals surface area contributed by atoms with E-state index in [4.69, 9.17) is 4.42 Å². The zero-order valence-electron chi connectivity index (χ0n) is 8.65. The first-order valence-corrected chi connectivity index (χ1v) is 4.91. The topological polar surface area (TPSA) is 38.9 Å². The lowest BCUT2D eigenvalue weighted by Gasteiger charge is -1.97. The van der Waals surface area contributed by atoms with Crippen LogP contribution in [0.4, 0.5) is 8.78 Å². The Morgan fingerprint density at radius 1 is 1.19 bits per heavy atom. The van der Waals surface area contributed by atoms with E-state index in [1.54, 1.807) is 12.1 Å². The highest BCUT2D eigenvalue weighted by Gasteiger charge is 2.16. The second-order valence-corrected chi connectivity index (χ2v) is 3.30. The van der Waals surface area contributed by atoms with Crippen LogP contribution in [0.5, 0.6) is 0 Å². The Morgan fingerprint density at radius 3 is 2.38 bits per heavy atom. The average Bonchev–Trinajstić information content (AvgIpc) is 2.78. The fraction of sp³-hybridized carbons (Fsp3) is 0.273. The first-order chi connectivity index (χ1) is 7.70. The molecule has 0 spiro atoms. The quantitative estimate of drug-likeness (QED) is 0.803. The van der Waals surface area contributed by atoms with E-state index in [0.29, 0.717) is 5.56 Å². The molecule has 0 bridgehead atoms. The summed E-state index contributed by atoms with van der Waals surface area (Å²) in [7, 11) is 0. The van der Waals surface area contributed by atoms with Crippen molar-refractivity contribution in [2.24, 2.45) is 0 Å². The smallest absolute Gasteiger partial charge is 0.314 e. The van der Waals surface area contributed by atoms with Crippen LogP contribution < -0.4 is 0 Å². The summed E-state index contributed by atoms with van der Waals surface area (Å²) in [5, 5.41) is 6.83. The zero-order valence-corrected chi connectivity index (χ0v) is 8.65. The zero-order chi connectivity index (χ0) is 11.5. The maximum absolute atomic E-state index is 12.2. The first-order valence-electron chi connectivity index (χ1n) is 4.91. The highest BCUT2D eigenvalue weighted by atomic mass is 19.3. The number of nitrogens with zero attached hydrogens (tertiary/aromatic N) is 2. The number of alkyl halides is 2. The van der Waals surface area contributed by atoms with Gasteiger partial charge in [0.05, 0.1) is 0 Å². The minimum absolute atomic E-state index is 0.123. The summed E-state index contributed by atoms with van der Waals surface area (Å²) < 4.78 is 29.3. The molecule has 0 N–H and O–H groups in total. The molecule has 0 aliphatic heterocycles. The molecule has 0 radical (unpaired) electrons. The van der Waals surface area contributed by atoms with Crippen LogP contribution in [-0.4, -0.2) is 10.2 Å². The van der Waals surface area contributed by atoms with Gasteiger partial charge in [0.15, 0.2) is 0 Å². The summed E-state index contributed by atoms with van der Waals surface area (Å²) in [6.45, 7) is 2.04. The van der Waals surface area contributed by atoms with Crippen LogP contribution in [-0.2, 0) is 6.42 Å². The summed E-state index contributed by atoms with van der Waals surface area (Å²) in [4.78, 5) is 0. The third kappa shape index (κ3) is 2.08. The van der Waals surface area contributed by atoms with E-state index in [9.17, 15) is 8.78 Å². The van der Waals surface area contributed by atoms with Crippen LogP contribution in [0.1, 0.15) is 24.8 Å². The molecule has 1 aromatic heterocycles. The highest BCUT2D eigenvalue weighted by molar-refractivity contribution is 5.52. The molecule has 5 heteroatoms. The molecule has 0 saturated heterocycles. The molecule has 0 fully saturated rings. The number of aryl methyl sites for hydroxylation is 1. The normalized spacial score (nSPS) is 11.0. The maximum atomic E-state index is 12.2. The van der Waals surface area contributed by atoms with Gasteiger partial charge in [0.25, 0.3) is 5.89 Å². The van der Waals surface area contributed by atoms with Gasteiger partial charge in [-0.3, -0.25) is 0 Å². The van der Waals surface area contributed by atoms with Crippen molar-refractivity contribution < 1.29 is 13.2 Å². The number of benzene rings is 1. The van der Waals surface area contributed by atoms with Gasteiger partial charge in [0.1, 0.15) is 0 Å². The Balaban J connectivity index is 2.28. The standard InChI is InChI=1S/C11H10F2N2O/c1-2-7-3-5-8(6-4-7)10-14-15-11(16-10)9(12)13/h3-6,9H,2H2,1H3. The third-order valence-electron chi connectivity index (χ3n) is 2.24. The Labute approximate surface area is 91.1 Å². The van der Waals surface area contributed by atoms with Gasteiger partial charge in [-0.2, -0.15) is 8.78 Å². The van der Waals surface area contributed by atoms with Crippen LogP contribution in [0, 0.1) is 0 Å². The largest absolute Gasteiger partial charge is 0.415 e.